The van der Waals surface area contributed by atoms with Gasteiger partial charge in [-0.25, -0.2) is 0 Å². The zero-order valence-corrected chi connectivity index (χ0v) is 13.7. The maximum atomic E-state index is 12.1. The Morgan fingerprint density at radius 1 is 1.43 bits per heavy atom. The van der Waals surface area contributed by atoms with E-state index < -0.39 is 6.10 Å². The zero-order chi connectivity index (χ0) is 15.5. The number of nitrogens with one attached hydrogen (secondary N) is 2. The van der Waals surface area contributed by atoms with Gasteiger partial charge >= 0.3 is 0 Å². The molecule has 1 amide bonds. The van der Waals surface area contributed by atoms with E-state index in [-0.39, 0.29) is 11.3 Å². The van der Waals surface area contributed by atoms with Crippen LogP contribution in [0.25, 0.3) is 0 Å². The minimum Gasteiger partial charge on any atom is -0.366 e. The maximum Gasteiger partial charge on any atom is 0.250 e. The highest BCUT2D eigenvalue weighted by atomic mass is 35.5. The van der Waals surface area contributed by atoms with Crippen LogP contribution in [0.3, 0.4) is 0 Å². The van der Waals surface area contributed by atoms with E-state index in [0.717, 1.165) is 12.1 Å². The molecule has 2 rings (SSSR count). The summed E-state index contributed by atoms with van der Waals surface area (Å²) < 4.78 is 5.43. The normalized spacial score (nSPS) is 19.3. The molecule has 0 aliphatic carbocycles. The summed E-state index contributed by atoms with van der Waals surface area (Å²) in [7, 11) is 0. The van der Waals surface area contributed by atoms with E-state index in [4.69, 9.17) is 27.9 Å². The summed E-state index contributed by atoms with van der Waals surface area (Å²) in [5, 5.41) is 7.14. The molecule has 1 fully saturated rings. The molecule has 1 aliphatic heterocycles. The molecule has 1 aromatic rings. The van der Waals surface area contributed by atoms with Crippen LogP contribution < -0.4 is 10.6 Å². The van der Waals surface area contributed by atoms with E-state index >= 15 is 0 Å². The average molecular weight is 331 g/mol. The van der Waals surface area contributed by atoms with Crippen molar-refractivity contribution in [3.63, 3.8) is 0 Å². The molecule has 1 heterocycles. The second-order valence-corrected chi connectivity index (χ2v) is 6.61. The van der Waals surface area contributed by atoms with Crippen LogP contribution in [0.5, 0.6) is 0 Å². The second kappa shape index (κ2) is 6.97. The van der Waals surface area contributed by atoms with Crippen molar-refractivity contribution in [3.05, 3.63) is 33.8 Å². The van der Waals surface area contributed by atoms with Crippen LogP contribution in [0.2, 0.25) is 10.0 Å². The lowest BCUT2D eigenvalue weighted by Crippen LogP contribution is -2.49. The van der Waals surface area contributed by atoms with Crippen LogP contribution in [-0.2, 0) is 14.9 Å². The lowest BCUT2D eigenvalue weighted by molar-refractivity contribution is -0.134. The number of morpholine rings is 1. The monoisotopic (exact) mass is 330 g/mol. The number of hydrogen-bond acceptors (Lipinski definition) is 3. The summed E-state index contributed by atoms with van der Waals surface area (Å²) >= 11 is 12.0. The molecule has 0 saturated carbocycles. The molecule has 1 atom stereocenters. The fraction of sp³-hybridized carbons (Fsp3) is 0.533. The Morgan fingerprint density at radius 3 is 2.81 bits per heavy atom. The molecule has 1 saturated heterocycles. The quantitative estimate of drug-likeness (QED) is 0.891. The number of amides is 1. The van der Waals surface area contributed by atoms with Gasteiger partial charge in [0.15, 0.2) is 0 Å². The molecule has 4 nitrogen and oxygen atoms in total. The highest BCUT2D eigenvalue weighted by Crippen LogP contribution is 2.29. The van der Waals surface area contributed by atoms with Crippen molar-refractivity contribution < 1.29 is 9.53 Å². The molecule has 1 aromatic carbocycles. The molecule has 0 spiro atoms. The third-order valence-corrected chi connectivity index (χ3v) is 4.36. The molecule has 6 heteroatoms. The smallest absolute Gasteiger partial charge is 0.250 e. The van der Waals surface area contributed by atoms with Gasteiger partial charge in [0.25, 0.3) is 0 Å². The third-order valence-electron chi connectivity index (χ3n) is 3.63. The first-order chi connectivity index (χ1) is 9.90. The van der Waals surface area contributed by atoms with Crippen molar-refractivity contribution in [1.82, 2.24) is 10.6 Å². The van der Waals surface area contributed by atoms with E-state index in [1.165, 1.54) is 0 Å². The van der Waals surface area contributed by atoms with Crippen LogP contribution in [0, 0.1) is 0 Å². The number of hydrogen-bond donors (Lipinski definition) is 2. The van der Waals surface area contributed by atoms with Crippen molar-refractivity contribution >= 4 is 29.1 Å². The van der Waals surface area contributed by atoms with Gasteiger partial charge in [-0.2, -0.15) is 0 Å². The van der Waals surface area contributed by atoms with Crippen LogP contribution in [0.4, 0.5) is 0 Å². The SMILES string of the molecule is CC(C)(CNC(=O)C1CNCCO1)c1ccc(Cl)c(Cl)c1. The van der Waals surface area contributed by atoms with E-state index in [2.05, 4.69) is 10.6 Å². The largest absolute Gasteiger partial charge is 0.366 e. The molecular weight excluding hydrogens is 311 g/mol. The van der Waals surface area contributed by atoms with E-state index in [1.807, 2.05) is 26.0 Å². The Morgan fingerprint density at radius 2 is 2.19 bits per heavy atom. The Bertz CT molecular complexity index is 514. The summed E-state index contributed by atoms with van der Waals surface area (Å²) in [6.45, 7) is 6.51. The van der Waals surface area contributed by atoms with Crippen molar-refractivity contribution in [2.24, 2.45) is 0 Å². The summed E-state index contributed by atoms with van der Waals surface area (Å²) in [6.07, 6.45) is -0.414. The molecule has 1 unspecified atom stereocenters. The van der Waals surface area contributed by atoms with Crippen molar-refractivity contribution in [2.75, 3.05) is 26.2 Å². The molecule has 0 aromatic heterocycles. The highest BCUT2D eigenvalue weighted by molar-refractivity contribution is 6.42. The molecule has 116 valence electrons. The van der Waals surface area contributed by atoms with Gasteiger partial charge in [0.05, 0.1) is 16.7 Å². The van der Waals surface area contributed by atoms with Gasteiger partial charge in [-0.3, -0.25) is 4.79 Å². The van der Waals surface area contributed by atoms with Gasteiger partial charge < -0.3 is 15.4 Å². The maximum absolute atomic E-state index is 12.1. The fourth-order valence-corrected chi connectivity index (χ4v) is 2.47. The number of carbonyl (C=O) groups is 1. The summed E-state index contributed by atoms with van der Waals surface area (Å²) in [5.74, 6) is -0.0877. The predicted molar refractivity (Wildman–Crippen MR) is 85.1 cm³/mol. The molecule has 2 N–H and O–H groups in total. The second-order valence-electron chi connectivity index (χ2n) is 5.79. The number of benzene rings is 1. The minimum absolute atomic E-state index is 0.0877. The Hall–Kier alpha value is -0.810. The van der Waals surface area contributed by atoms with Gasteiger partial charge in [-0.05, 0) is 17.7 Å². The molecule has 21 heavy (non-hydrogen) atoms. The van der Waals surface area contributed by atoms with Crippen LogP contribution >= 0.6 is 23.2 Å². The topological polar surface area (TPSA) is 50.4 Å². The van der Waals surface area contributed by atoms with Crippen molar-refractivity contribution in [3.8, 4) is 0 Å². The van der Waals surface area contributed by atoms with Crippen LogP contribution in [0.15, 0.2) is 18.2 Å². The van der Waals surface area contributed by atoms with Gasteiger partial charge in [0.1, 0.15) is 6.10 Å². The minimum atomic E-state index is -0.414. The van der Waals surface area contributed by atoms with Crippen molar-refractivity contribution in [2.45, 2.75) is 25.4 Å². The first kappa shape index (κ1) is 16.6. The Labute approximate surface area is 135 Å². The molecule has 0 radical (unpaired) electrons. The van der Waals surface area contributed by atoms with E-state index in [9.17, 15) is 4.79 Å². The molecule has 1 aliphatic rings. The lowest BCUT2D eigenvalue weighted by Gasteiger charge is -2.28. The standard InChI is InChI=1S/C15H20Cl2N2O2/c1-15(2,10-3-4-11(16)12(17)7-10)9-19-14(20)13-8-18-5-6-21-13/h3-4,7,13,18H,5-6,8-9H2,1-2H3,(H,19,20). The highest BCUT2D eigenvalue weighted by Gasteiger charge is 2.26. The van der Waals surface area contributed by atoms with Crippen LogP contribution in [0.1, 0.15) is 19.4 Å². The van der Waals surface area contributed by atoms with Crippen LogP contribution in [-0.4, -0.2) is 38.3 Å². The number of rotatable bonds is 4. The average Bonchev–Trinajstić information content (AvgIpc) is 2.48. The summed E-state index contributed by atoms with van der Waals surface area (Å²) in [4.78, 5) is 12.1. The van der Waals surface area contributed by atoms with Gasteiger partial charge in [-0.15, -0.1) is 0 Å². The molecule has 0 bridgehead atoms. The van der Waals surface area contributed by atoms with Gasteiger partial charge in [-0.1, -0.05) is 43.1 Å². The van der Waals surface area contributed by atoms with Gasteiger partial charge in [0, 0.05) is 25.0 Å². The van der Waals surface area contributed by atoms with E-state index in [1.54, 1.807) is 6.07 Å². The van der Waals surface area contributed by atoms with Gasteiger partial charge in [0.2, 0.25) is 5.91 Å². The summed E-state index contributed by atoms with van der Waals surface area (Å²) in [6, 6.07) is 5.55. The van der Waals surface area contributed by atoms with Crippen molar-refractivity contribution in [1.29, 1.82) is 0 Å². The first-order valence-electron chi connectivity index (χ1n) is 6.96. The Kier molecular flexibility index (Phi) is 5.49. The fourth-order valence-electron chi connectivity index (χ4n) is 2.17. The zero-order valence-electron chi connectivity index (χ0n) is 12.2. The summed E-state index contributed by atoms with van der Waals surface area (Å²) in [5.41, 5.74) is 0.784. The first-order valence-corrected chi connectivity index (χ1v) is 7.71. The Balaban J connectivity index is 1.96. The molecular formula is C15H20Cl2N2O2. The third kappa shape index (κ3) is 4.33. The number of carbonyl (C=O) groups excluding carboxylic acids is 1. The number of halogens is 2. The number of ether oxygens (including phenoxy) is 1. The van der Waals surface area contributed by atoms with E-state index in [0.29, 0.717) is 29.7 Å². The predicted octanol–water partition coefficient (Wildman–Crippen LogP) is 2.38. The lowest BCUT2D eigenvalue weighted by atomic mass is 9.84.